The third kappa shape index (κ3) is 5.66. The largest absolute Gasteiger partial charge is 0.486 e. The molecule has 1 unspecified atom stereocenters. The molecule has 5 heterocycles. The maximum Gasteiger partial charge on any atom is 0.236 e. The van der Waals surface area contributed by atoms with Crippen LogP contribution < -0.4 is 29.2 Å². The monoisotopic (exact) mass is 569 g/mol. The van der Waals surface area contributed by atoms with Crippen LogP contribution in [0.15, 0.2) is 67.4 Å². The minimum Gasteiger partial charge on any atom is -0.486 e. The summed E-state index contributed by atoms with van der Waals surface area (Å²) in [5.74, 6) is 4.27. The molecule has 1 saturated heterocycles. The maximum atomic E-state index is 13.3. The number of aromatic nitrogens is 4. The van der Waals surface area contributed by atoms with Gasteiger partial charge in [0.25, 0.3) is 0 Å². The Morgan fingerprint density at radius 3 is 2.57 bits per heavy atom. The molecule has 1 fully saturated rings. The Morgan fingerprint density at radius 2 is 1.69 bits per heavy atom. The van der Waals surface area contributed by atoms with Crippen LogP contribution in [-0.2, 0) is 17.9 Å². The van der Waals surface area contributed by atoms with Gasteiger partial charge in [0.05, 0.1) is 6.04 Å². The Balaban J connectivity index is 1.07. The number of fused-ring (bicyclic) bond motifs is 2. The zero-order chi connectivity index (χ0) is 28.3. The van der Waals surface area contributed by atoms with Crippen molar-refractivity contribution in [2.75, 3.05) is 44.5 Å². The molecule has 2 aromatic carbocycles. The Bertz CT molecular complexity index is 1560. The second-order valence-electron chi connectivity index (χ2n) is 10.4. The number of hydrogen-bond donors (Lipinski definition) is 1. The summed E-state index contributed by atoms with van der Waals surface area (Å²) in [6.45, 7) is 4.68. The molecule has 3 aliphatic heterocycles. The van der Waals surface area contributed by atoms with Gasteiger partial charge in [0.15, 0.2) is 23.0 Å². The van der Waals surface area contributed by atoms with Crippen molar-refractivity contribution in [3.63, 3.8) is 0 Å². The van der Waals surface area contributed by atoms with Gasteiger partial charge >= 0.3 is 0 Å². The number of hydrogen-bond acceptors (Lipinski definition) is 10. The van der Waals surface area contributed by atoms with Crippen LogP contribution in [0.1, 0.15) is 17.5 Å². The van der Waals surface area contributed by atoms with E-state index < -0.39 is 0 Å². The predicted molar refractivity (Wildman–Crippen MR) is 152 cm³/mol. The van der Waals surface area contributed by atoms with Gasteiger partial charge in [-0.15, -0.1) is 0 Å². The highest BCUT2D eigenvalue weighted by Crippen LogP contribution is 2.33. The fourth-order valence-electron chi connectivity index (χ4n) is 5.52. The van der Waals surface area contributed by atoms with E-state index in [1.807, 2.05) is 42.6 Å². The zero-order valence-corrected chi connectivity index (χ0v) is 23.0. The molecular weight excluding hydrogens is 538 g/mol. The maximum absolute atomic E-state index is 13.3. The number of nitrogens with one attached hydrogen (secondary N) is 1. The molecule has 0 bridgehead atoms. The molecule has 0 radical (unpaired) electrons. The van der Waals surface area contributed by atoms with Crippen molar-refractivity contribution in [3.05, 3.63) is 78.5 Å². The normalized spacial score (nSPS) is 17.7. The van der Waals surface area contributed by atoms with E-state index in [2.05, 4.69) is 31.2 Å². The first kappa shape index (κ1) is 26.1. The summed E-state index contributed by atoms with van der Waals surface area (Å²) in [6.07, 6.45) is 7.23. The fourth-order valence-corrected chi connectivity index (χ4v) is 5.52. The molecule has 3 aliphatic rings. The molecule has 42 heavy (non-hydrogen) atoms. The number of piperazine rings is 1. The molecule has 216 valence electrons. The average Bonchev–Trinajstić information content (AvgIpc) is 3.73. The molecule has 12 nitrogen and oxygen atoms in total. The minimum atomic E-state index is -0.0986. The van der Waals surface area contributed by atoms with E-state index in [0.29, 0.717) is 51.0 Å². The molecule has 2 aromatic heterocycles. The van der Waals surface area contributed by atoms with Crippen LogP contribution in [0.2, 0.25) is 0 Å². The number of carbonyl (C=O) groups excluding carboxylic acids is 1. The highest BCUT2D eigenvalue weighted by atomic mass is 16.7. The van der Waals surface area contributed by atoms with E-state index >= 15 is 0 Å². The number of imidazole rings is 1. The third-order valence-corrected chi connectivity index (χ3v) is 7.59. The molecule has 12 heteroatoms. The summed E-state index contributed by atoms with van der Waals surface area (Å²) < 4.78 is 24.1. The van der Waals surface area contributed by atoms with Crippen molar-refractivity contribution in [2.24, 2.45) is 0 Å². The third-order valence-electron chi connectivity index (χ3n) is 7.59. The van der Waals surface area contributed by atoms with Gasteiger partial charge in [0, 0.05) is 57.7 Å². The lowest BCUT2D eigenvalue weighted by molar-refractivity contribution is -0.121. The quantitative estimate of drug-likeness (QED) is 0.339. The van der Waals surface area contributed by atoms with E-state index in [0.717, 1.165) is 47.3 Å². The number of carbonyl (C=O) groups is 1. The lowest BCUT2D eigenvalue weighted by Crippen LogP contribution is -2.54. The summed E-state index contributed by atoms with van der Waals surface area (Å²) >= 11 is 0. The number of nitrogens with zero attached hydrogens (tertiary/aromatic N) is 6. The van der Waals surface area contributed by atoms with Crippen LogP contribution in [-0.4, -0.2) is 76.0 Å². The Hall–Kier alpha value is -4.84. The SMILES string of the molecule is O=C(CC1CN(Cc2ccc3c(c2)OCO3)CCN1c1ccnc(-n2ccnc2)n1)NCc1ccc2c(c1)OCCO2. The molecule has 0 spiro atoms. The predicted octanol–water partition coefficient (Wildman–Crippen LogP) is 2.56. The van der Waals surface area contributed by atoms with Crippen molar-refractivity contribution < 1.29 is 23.7 Å². The van der Waals surface area contributed by atoms with Crippen molar-refractivity contribution in [2.45, 2.75) is 25.6 Å². The number of rotatable bonds is 8. The molecule has 7 rings (SSSR count). The standard InChI is InChI=1S/C30H31N7O5/c38-29(33-16-21-1-3-24-26(13-21)40-12-11-39-24)15-23-18-35(17-22-2-4-25-27(14-22)42-20-41-25)9-10-37(23)28-5-6-32-30(34-28)36-8-7-31-19-36/h1-8,13-14,19,23H,9-12,15-18,20H2,(H,33,38). The highest BCUT2D eigenvalue weighted by Gasteiger charge is 2.30. The highest BCUT2D eigenvalue weighted by molar-refractivity contribution is 5.77. The first-order valence-corrected chi connectivity index (χ1v) is 14.0. The molecule has 1 amide bonds. The van der Waals surface area contributed by atoms with E-state index in [1.165, 1.54) is 0 Å². The van der Waals surface area contributed by atoms with Crippen molar-refractivity contribution in [3.8, 4) is 28.9 Å². The number of amides is 1. The lowest BCUT2D eigenvalue weighted by atomic mass is 10.1. The van der Waals surface area contributed by atoms with Gasteiger partial charge in [-0.05, 0) is 41.5 Å². The van der Waals surface area contributed by atoms with Gasteiger partial charge in [-0.25, -0.2) is 9.97 Å². The Morgan fingerprint density at radius 1 is 0.905 bits per heavy atom. The van der Waals surface area contributed by atoms with E-state index in [9.17, 15) is 4.79 Å². The first-order chi connectivity index (χ1) is 20.7. The number of benzene rings is 2. The first-order valence-electron chi connectivity index (χ1n) is 14.0. The van der Waals surface area contributed by atoms with E-state index in [1.54, 1.807) is 23.3 Å². The molecule has 1 N–H and O–H groups in total. The molecule has 1 atom stereocenters. The van der Waals surface area contributed by atoms with Crippen molar-refractivity contribution in [1.82, 2.24) is 29.7 Å². The Kier molecular flexibility index (Phi) is 7.18. The van der Waals surface area contributed by atoms with Gasteiger partial charge in [-0.3, -0.25) is 14.3 Å². The smallest absolute Gasteiger partial charge is 0.236 e. The lowest BCUT2D eigenvalue weighted by Gasteiger charge is -2.42. The molecule has 0 saturated carbocycles. The van der Waals surface area contributed by atoms with Gasteiger partial charge in [0.2, 0.25) is 18.6 Å². The minimum absolute atomic E-state index is 0.0336. The fraction of sp³-hybridized carbons (Fsp3) is 0.333. The van der Waals surface area contributed by atoms with Crippen LogP contribution in [0.5, 0.6) is 23.0 Å². The van der Waals surface area contributed by atoms with Crippen LogP contribution in [0, 0.1) is 0 Å². The van der Waals surface area contributed by atoms with Gasteiger partial charge < -0.3 is 29.2 Å². The summed E-state index contributed by atoms with van der Waals surface area (Å²) in [6, 6.07) is 13.6. The van der Waals surface area contributed by atoms with Gasteiger partial charge in [-0.2, -0.15) is 4.98 Å². The molecule has 4 aromatic rings. The topological polar surface area (TPSA) is 116 Å². The van der Waals surface area contributed by atoms with Crippen molar-refractivity contribution in [1.29, 1.82) is 0 Å². The van der Waals surface area contributed by atoms with Crippen LogP contribution in [0.3, 0.4) is 0 Å². The van der Waals surface area contributed by atoms with Crippen LogP contribution in [0.4, 0.5) is 5.82 Å². The second kappa shape index (κ2) is 11.6. The van der Waals surface area contributed by atoms with Gasteiger partial charge in [-0.1, -0.05) is 12.1 Å². The van der Waals surface area contributed by atoms with Crippen LogP contribution >= 0.6 is 0 Å². The summed E-state index contributed by atoms with van der Waals surface area (Å²) in [7, 11) is 0. The molecular formula is C30H31N7O5. The number of ether oxygens (including phenoxy) is 4. The Labute approximate surface area is 242 Å². The van der Waals surface area contributed by atoms with E-state index in [-0.39, 0.29) is 18.7 Å². The zero-order valence-electron chi connectivity index (χ0n) is 23.0. The molecule has 0 aliphatic carbocycles. The summed E-state index contributed by atoms with van der Waals surface area (Å²) in [4.78, 5) is 31.2. The van der Waals surface area contributed by atoms with Crippen LogP contribution in [0.25, 0.3) is 5.95 Å². The van der Waals surface area contributed by atoms with Gasteiger partial charge in [0.1, 0.15) is 25.4 Å². The van der Waals surface area contributed by atoms with E-state index in [4.69, 9.17) is 23.9 Å². The van der Waals surface area contributed by atoms with Crippen molar-refractivity contribution >= 4 is 11.7 Å². The summed E-state index contributed by atoms with van der Waals surface area (Å²) in [5.41, 5.74) is 2.09. The second-order valence-corrected chi connectivity index (χ2v) is 10.4. The number of anilines is 1. The summed E-state index contributed by atoms with van der Waals surface area (Å²) in [5, 5.41) is 3.10. The average molecular weight is 570 g/mol.